The SMILES string of the molecule is C[n+]1c(SCC(=O)Nc2cc(Cl)ccc2N2CCOCC2)[nH]c2ccccc21. The third kappa shape index (κ3) is 4.11. The van der Waals surface area contributed by atoms with Crippen LogP contribution in [0, 0.1) is 0 Å². The number of nitrogens with zero attached hydrogens (tertiary/aromatic N) is 2. The third-order valence-electron chi connectivity index (χ3n) is 4.74. The molecule has 2 aromatic carbocycles. The largest absolute Gasteiger partial charge is 0.378 e. The van der Waals surface area contributed by atoms with Gasteiger partial charge in [0.05, 0.1) is 37.4 Å². The smallest absolute Gasteiger partial charge is 0.317 e. The zero-order chi connectivity index (χ0) is 19.5. The highest BCUT2D eigenvalue weighted by Crippen LogP contribution is 2.30. The van der Waals surface area contributed by atoms with E-state index in [9.17, 15) is 4.79 Å². The van der Waals surface area contributed by atoms with Crippen LogP contribution >= 0.6 is 23.4 Å². The molecule has 1 amide bonds. The predicted molar refractivity (Wildman–Crippen MR) is 113 cm³/mol. The van der Waals surface area contributed by atoms with Crippen LogP contribution in [0.1, 0.15) is 0 Å². The van der Waals surface area contributed by atoms with Crippen LogP contribution in [0.2, 0.25) is 5.02 Å². The van der Waals surface area contributed by atoms with E-state index in [1.54, 1.807) is 6.07 Å². The van der Waals surface area contributed by atoms with E-state index in [1.807, 2.05) is 37.4 Å². The Morgan fingerprint density at radius 2 is 2.07 bits per heavy atom. The van der Waals surface area contributed by atoms with Crippen molar-refractivity contribution in [1.82, 2.24) is 4.98 Å². The summed E-state index contributed by atoms with van der Waals surface area (Å²) in [5.41, 5.74) is 3.87. The Morgan fingerprint density at radius 1 is 1.29 bits per heavy atom. The first-order valence-electron chi connectivity index (χ1n) is 9.13. The summed E-state index contributed by atoms with van der Waals surface area (Å²) >= 11 is 7.64. The summed E-state index contributed by atoms with van der Waals surface area (Å²) in [6.07, 6.45) is 0. The van der Waals surface area contributed by atoms with Gasteiger partial charge >= 0.3 is 5.16 Å². The summed E-state index contributed by atoms with van der Waals surface area (Å²) in [6.45, 7) is 2.96. The molecule has 4 rings (SSSR count). The Bertz CT molecular complexity index is 1000. The zero-order valence-electron chi connectivity index (χ0n) is 15.6. The minimum Gasteiger partial charge on any atom is -0.378 e. The summed E-state index contributed by atoms with van der Waals surface area (Å²) in [7, 11) is 1.99. The summed E-state index contributed by atoms with van der Waals surface area (Å²) in [5, 5.41) is 4.56. The minimum atomic E-state index is -0.0690. The number of rotatable bonds is 5. The van der Waals surface area contributed by atoms with Crippen molar-refractivity contribution in [3.63, 3.8) is 0 Å². The van der Waals surface area contributed by atoms with Crippen molar-refractivity contribution in [3.05, 3.63) is 47.5 Å². The van der Waals surface area contributed by atoms with Gasteiger partial charge in [0.25, 0.3) is 0 Å². The fraction of sp³-hybridized carbons (Fsp3) is 0.300. The Balaban J connectivity index is 1.46. The average Bonchev–Trinajstić information content (AvgIpc) is 3.03. The lowest BCUT2D eigenvalue weighted by atomic mass is 10.2. The first-order valence-corrected chi connectivity index (χ1v) is 10.5. The predicted octanol–water partition coefficient (Wildman–Crippen LogP) is 3.21. The molecule has 0 atom stereocenters. The molecule has 2 heterocycles. The highest BCUT2D eigenvalue weighted by molar-refractivity contribution is 7.99. The molecule has 1 fully saturated rings. The van der Waals surface area contributed by atoms with Gasteiger partial charge in [0, 0.05) is 18.1 Å². The molecule has 0 unspecified atom stereocenters. The lowest BCUT2D eigenvalue weighted by Crippen LogP contribution is -2.36. The topological polar surface area (TPSA) is 61.2 Å². The van der Waals surface area contributed by atoms with Gasteiger partial charge in [-0.1, -0.05) is 23.7 Å². The van der Waals surface area contributed by atoms with E-state index >= 15 is 0 Å². The fourth-order valence-electron chi connectivity index (χ4n) is 3.32. The van der Waals surface area contributed by atoms with Crippen molar-refractivity contribution in [2.75, 3.05) is 42.3 Å². The molecular formula is C20H22ClN4O2S+. The van der Waals surface area contributed by atoms with Gasteiger partial charge in [0.2, 0.25) is 5.91 Å². The van der Waals surface area contributed by atoms with Crippen molar-refractivity contribution < 1.29 is 14.1 Å². The number of carbonyl (C=O) groups is 1. The average molecular weight is 418 g/mol. The van der Waals surface area contributed by atoms with Gasteiger partial charge in [-0.3, -0.25) is 4.79 Å². The number of amides is 1. The molecule has 1 saturated heterocycles. The van der Waals surface area contributed by atoms with Crippen molar-refractivity contribution in [2.24, 2.45) is 7.05 Å². The number of ether oxygens (including phenoxy) is 1. The van der Waals surface area contributed by atoms with Crippen molar-refractivity contribution in [1.29, 1.82) is 0 Å². The summed E-state index contributed by atoms with van der Waals surface area (Å²) < 4.78 is 7.49. The van der Waals surface area contributed by atoms with Crippen LogP contribution in [0.15, 0.2) is 47.6 Å². The van der Waals surface area contributed by atoms with Gasteiger partial charge in [-0.15, -0.1) is 0 Å². The van der Waals surface area contributed by atoms with E-state index in [0.717, 1.165) is 40.7 Å². The number of imidazole rings is 1. The second kappa shape index (κ2) is 8.43. The molecule has 3 aromatic rings. The molecule has 0 bridgehead atoms. The quantitative estimate of drug-likeness (QED) is 0.494. The van der Waals surface area contributed by atoms with Gasteiger partial charge in [0.15, 0.2) is 11.0 Å². The van der Waals surface area contributed by atoms with Crippen LogP contribution in [-0.2, 0) is 16.6 Å². The minimum absolute atomic E-state index is 0.0690. The van der Waals surface area contributed by atoms with E-state index in [1.165, 1.54) is 11.8 Å². The van der Waals surface area contributed by atoms with Gasteiger partial charge in [-0.05, 0) is 42.1 Å². The van der Waals surface area contributed by atoms with E-state index in [-0.39, 0.29) is 5.91 Å². The van der Waals surface area contributed by atoms with E-state index < -0.39 is 0 Å². The maximum atomic E-state index is 12.6. The number of fused-ring (bicyclic) bond motifs is 1. The number of nitrogens with one attached hydrogen (secondary N) is 2. The summed E-state index contributed by atoms with van der Waals surface area (Å²) in [6, 6.07) is 13.7. The van der Waals surface area contributed by atoms with Gasteiger partial charge in [0.1, 0.15) is 0 Å². The van der Waals surface area contributed by atoms with Crippen LogP contribution < -0.4 is 14.8 Å². The first kappa shape index (κ1) is 19.1. The summed E-state index contributed by atoms with van der Waals surface area (Å²) in [5.74, 6) is 0.232. The second-order valence-corrected chi connectivity index (χ2v) is 8.00. The van der Waals surface area contributed by atoms with E-state index in [4.69, 9.17) is 16.3 Å². The van der Waals surface area contributed by atoms with Crippen LogP contribution in [0.4, 0.5) is 11.4 Å². The number of morpholine rings is 1. The lowest BCUT2D eigenvalue weighted by Gasteiger charge is -2.30. The Morgan fingerprint density at radius 3 is 2.86 bits per heavy atom. The molecule has 28 heavy (non-hydrogen) atoms. The maximum Gasteiger partial charge on any atom is 0.317 e. The normalized spacial score (nSPS) is 14.4. The molecular weight excluding hydrogens is 396 g/mol. The molecule has 1 aromatic heterocycles. The first-order chi connectivity index (χ1) is 13.6. The number of hydrogen-bond donors (Lipinski definition) is 2. The number of H-pyrrole nitrogens is 1. The van der Waals surface area contributed by atoms with E-state index in [2.05, 4.69) is 25.8 Å². The Labute approximate surface area is 172 Å². The molecule has 0 spiro atoms. The van der Waals surface area contributed by atoms with Crippen LogP contribution in [0.3, 0.4) is 0 Å². The number of aromatic amines is 1. The Hall–Kier alpha value is -2.22. The number of aromatic nitrogens is 2. The third-order valence-corrected chi connectivity index (χ3v) is 6.03. The number of aryl methyl sites for hydroxylation is 1. The molecule has 146 valence electrons. The molecule has 1 aliphatic rings. The van der Waals surface area contributed by atoms with Gasteiger partial charge in [-0.2, -0.15) is 0 Å². The fourth-order valence-corrected chi connectivity index (χ4v) is 4.31. The molecule has 1 aliphatic heterocycles. The number of benzene rings is 2. The highest BCUT2D eigenvalue weighted by Gasteiger charge is 2.19. The van der Waals surface area contributed by atoms with Crippen LogP contribution in [0.25, 0.3) is 11.0 Å². The Kier molecular flexibility index (Phi) is 5.75. The number of halogens is 1. The number of para-hydroxylation sites is 2. The van der Waals surface area contributed by atoms with Crippen LogP contribution in [-0.4, -0.2) is 42.9 Å². The molecule has 8 heteroatoms. The van der Waals surface area contributed by atoms with Crippen molar-refractivity contribution in [3.8, 4) is 0 Å². The highest BCUT2D eigenvalue weighted by atomic mass is 35.5. The van der Waals surface area contributed by atoms with E-state index in [0.29, 0.717) is 24.0 Å². The standard InChI is InChI=1S/C20H21ClN4O2S/c1-24-17-5-3-2-4-15(17)23-20(24)28-13-19(26)22-16-12-14(21)6-7-18(16)25-8-10-27-11-9-25/h2-7,12H,8-11,13H2,1H3,(H,22,26)/p+1. The molecule has 0 aliphatic carbocycles. The molecule has 6 nitrogen and oxygen atoms in total. The number of carbonyl (C=O) groups excluding carboxylic acids is 1. The number of hydrogen-bond acceptors (Lipinski definition) is 4. The molecule has 0 saturated carbocycles. The van der Waals surface area contributed by atoms with Crippen molar-refractivity contribution in [2.45, 2.75) is 5.16 Å². The molecule has 0 radical (unpaired) electrons. The second-order valence-electron chi connectivity index (χ2n) is 6.60. The van der Waals surface area contributed by atoms with Crippen molar-refractivity contribution >= 4 is 51.7 Å². The lowest BCUT2D eigenvalue weighted by molar-refractivity contribution is -0.683. The van der Waals surface area contributed by atoms with Gasteiger partial charge in [-0.25, -0.2) is 9.55 Å². The summed E-state index contributed by atoms with van der Waals surface area (Å²) in [4.78, 5) is 18.2. The number of anilines is 2. The molecule has 2 N–H and O–H groups in total. The van der Waals surface area contributed by atoms with Crippen LogP contribution in [0.5, 0.6) is 0 Å². The number of thioether (sulfide) groups is 1. The van der Waals surface area contributed by atoms with Gasteiger partial charge < -0.3 is 15.0 Å². The monoisotopic (exact) mass is 417 g/mol. The zero-order valence-corrected chi connectivity index (χ0v) is 17.1. The maximum absolute atomic E-state index is 12.6.